The van der Waals surface area contributed by atoms with Gasteiger partial charge in [0, 0.05) is 61.0 Å². The van der Waals surface area contributed by atoms with Gasteiger partial charge in [0.2, 0.25) is 11.5 Å². The fourth-order valence-corrected chi connectivity index (χ4v) is 4.40. The molecule has 10 heteroatoms. The Labute approximate surface area is 193 Å². The van der Waals surface area contributed by atoms with Crippen molar-refractivity contribution in [2.45, 2.75) is 12.8 Å². The minimum absolute atomic E-state index is 0.0996. The number of carbonyl (C=O) groups is 2. The molecule has 2 amide bonds. The number of aromatic amines is 1. The van der Waals surface area contributed by atoms with E-state index in [4.69, 9.17) is 11.6 Å². The van der Waals surface area contributed by atoms with Gasteiger partial charge in [-0.15, -0.1) is 11.3 Å². The van der Waals surface area contributed by atoms with Crippen molar-refractivity contribution < 1.29 is 9.59 Å². The van der Waals surface area contributed by atoms with Crippen LogP contribution in [0.1, 0.15) is 22.5 Å². The van der Waals surface area contributed by atoms with E-state index in [9.17, 15) is 14.4 Å². The number of aromatic nitrogens is 2. The molecule has 8 nitrogen and oxygen atoms in total. The molecule has 3 aromatic rings. The predicted molar refractivity (Wildman–Crippen MR) is 126 cm³/mol. The number of thiazole rings is 1. The second-order valence-electron chi connectivity index (χ2n) is 7.39. The first kappa shape index (κ1) is 22.0. The van der Waals surface area contributed by atoms with E-state index in [0.717, 1.165) is 24.5 Å². The minimum Gasteiger partial charge on any atom is -0.368 e. The summed E-state index contributed by atoms with van der Waals surface area (Å²) in [6, 6.07) is 10.5. The lowest BCUT2D eigenvalue weighted by molar-refractivity contribution is -0.131. The Morgan fingerprint density at radius 3 is 2.69 bits per heavy atom. The highest BCUT2D eigenvalue weighted by atomic mass is 35.5. The van der Waals surface area contributed by atoms with E-state index in [0.29, 0.717) is 41.6 Å². The van der Waals surface area contributed by atoms with Gasteiger partial charge in [-0.2, -0.15) is 0 Å². The van der Waals surface area contributed by atoms with Gasteiger partial charge in [-0.05, 0) is 30.7 Å². The molecule has 1 aliphatic heterocycles. The topological polar surface area (TPSA) is 98.4 Å². The first-order valence-corrected chi connectivity index (χ1v) is 11.5. The number of H-pyrrole nitrogens is 1. The van der Waals surface area contributed by atoms with Gasteiger partial charge in [0.15, 0.2) is 5.13 Å². The van der Waals surface area contributed by atoms with Crippen LogP contribution < -0.4 is 15.8 Å². The second-order valence-corrected chi connectivity index (χ2v) is 8.68. The molecular weight excluding hydrogens is 450 g/mol. The van der Waals surface area contributed by atoms with Gasteiger partial charge >= 0.3 is 0 Å². The number of aryl methyl sites for hydroxylation is 1. The lowest BCUT2D eigenvalue weighted by atomic mass is 10.2. The average molecular weight is 472 g/mol. The molecular formula is C22H22ClN5O3S. The SMILES string of the molecule is O=C(Nc1nc(CCC(=O)N2CCN(c3cccc(Cl)c3)CC2)cs1)c1ccc(=O)[nH]c1. The van der Waals surface area contributed by atoms with Crippen LogP contribution in [0.15, 0.2) is 52.8 Å². The first-order valence-electron chi connectivity index (χ1n) is 10.2. The summed E-state index contributed by atoms with van der Waals surface area (Å²) in [5.41, 5.74) is 1.91. The zero-order valence-corrected chi connectivity index (χ0v) is 18.8. The Balaban J connectivity index is 1.24. The van der Waals surface area contributed by atoms with E-state index >= 15 is 0 Å². The van der Waals surface area contributed by atoms with Crippen molar-refractivity contribution >= 4 is 45.6 Å². The van der Waals surface area contributed by atoms with Gasteiger partial charge in [0.05, 0.1) is 11.3 Å². The number of rotatable bonds is 6. The van der Waals surface area contributed by atoms with Crippen LogP contribution in [0, 0.1) is 0 Å². The maximum Gasteiger partial charge on any atom is 0.258 e. The number of nitrogens with one attached hydrogen (secondary N) is 2. The number of anilines is 2. The Bertz CT molecular complexity index is 1150. The standard InChI is InChI=1S/C22H22ClN5O3S/c23-16-2-1-3-18(12-16)27-8-10-28(11-9-27)20(30)7-5-17-14-32-22(25-17)26-21(31)15-4-6-19(29)24-13-15/h1-4,6,12-14H,5,7-11H2,(H,24,29)(H,25,26,31). The van der Waals surface area contributed by atoms with Gasteiger partial charge in [-0.3, -0.25) is 19.7 Å². The molecule has 4 rings (SSSR count). The van der Waals surface area contributed by atoms with Crippen molar-refractivity contribution in [3.8, 4) is 0 Å². The van der Waals surface area contributed by atoms with Crippen LogP contribution in [-0.4, -0.2) is 52.9 Å². The predicted octanol–water partition coefficient (Wildman–Crippen LogP) is 3.02. The number of hydrogen-bond donors (Lipinski definition) is 2. The van der Waals surface area contributed by atoms with Crippen molar-refractivity contribution in [3.05, 3.63) is 74.6 Å². The molecule has 1 fully saturated rings. The van der Waals surface area contributed by atoms with Crippen molar-refractivity contribution in [1.82, 2.24) is 14.9 Å². The monoisotopic (exact) mass is 471 g/mol. The average Bonchev–Trinajstić information content (AvgIpc) is 3.25. The molecule has 0 bridgehead atoms. The lowest BCUT2D eigenvalue weighted by Crippen LogP contribution is -2.48. The zero-order valence-electron chi connectivity index (χ0n) is 17.2. The summed E-state index contributed by atoms with van der Waals surface area (Å²) in [6.07, 6.45) is 2.24. The molecule has 2 aromatic heterocycles. The molecule has 0 atom stereocenters. The minimum atomic E-state index is -0.351. The largest absolute Gasteiger partial charge is 0.368 e. The van der Waals surface area contributed by atoms with E-state index in [2.05, 4.69) is 20.2 Å². The van der Waals surface area contributed by atoms with E-state index in [1.165, 1.54) is 29.7 Å². The fourth-order valence-electron chi connectivity index (χ4n) is 3.48. The number of halogens is 1. The smallest absolute Gasteiger partial charge is 0.258 e. The molecule has 1 aromatic carbocycles. The Morgan fingerprint density at radius 2 is 1.97 bits per heavy atom. The molecule has 0 unspecified atom stereocenters. The van der Waals surface area contributed by atoms with Crippen LogP contribution in [0.3, 0.4) is 0 Å². The van der Waals surface area contributed by atoms with Gasteiger partial charge in [0.1, 0.15) is 0 Å². The highest BCUT2D eigenvalue weighted by Gasteiger charge is 2.21. The molecule has 3 heterocycles. The van der Waals surface area contributed by atoms with E-state index in [1.807, 2.05) is 34.5 Å². The third-order valence-corrected chi connectivity index (χ3v) is 6.26. The second kappa shape index (κ2) is 9.97. The molecule has 0 radical (unpaired) electrons. The van der Waals surface area contributed by atoms with Crippen LogP contribution >= 0.6 is 22.9 Å². The Hall–Kier alpha value is -3.17. The molecule has 0 spiro atoms. The number of pyridine rings is 1. The third-order valence-electron chi connectivity index (χ3n) is 5.22. The quantitative estimate of drug-likeness (QED) is 0.575. The molecule has 2 N–H and O–H groups in total. The number of amides is 2. The Kier molecular flexibility index (Phi) is 6.87. The summed E-state index contributed by atoms with van der Waals surface area (Å²) in [6.45, 7) is 2.87. The number of carbonyl (C=O) groups excluding carboxylic acids is 2. The summed E-state index contributed by atoms with van der Waals surface area (Å²) in [5.74, 6) is -0.252. The third kappa shape index (κ3) is 5.54. The molecule has 0 saturated carbocycles. The number of piperazine rings is 1. The number of nitrogens with zero attached hydrogens (tertiary/aromatic N) is 3. The van der Waals surface area contributed by atoms with Gasteiger partial charge in [-0.25, -0.2) is 4.98 Å². The maximum absolute atomic E-state index is 12.6. The Morgan fingerprint density at radius 1 is 1.16 bits per heavy atom. The van der Waals surface area contributed by atoms with Crippen LogP contribution in [0.2, 0.25) is 5.02 Å². The zero-order chi connectivity index (χ0) is 22.5. The fraction of sp³-hybridized carbons (Fsp3) is 0.273. The summed E-state index contributed by atoms with van der Waals surface area (Å²) < 4.78 is 0. The molecule has 0 aliphatic carbocycles. The first-order chi connectivity index (χ1) is 15.5. The normalized spacial score (nSPS) is 13.8. The maximum atomic E-state index is 12.6. The molecule has 166 valence electrons. The number of benzene rings is 1. The molecule has 1 aliphatic rings. The van der Waals surface area contributed by atoms with E-state index in [1.54, 1.807) is 0 Å². The van der Waals surface area contributed by atoms with Crippen molar-refractivity contribution in [1.29, 1.82) is 0 Å². The highest BCUT2D eigenvalue weighted by Crippen LogP contribution is 2.21. The highest BCUT2D eigenvalue weighted by molar-refractivity contribution is 7.14. The van der Waals surface area contributed by atoms with Crippen molar-refractivity contribution in [2.75, 3.05) is 36.4 Å². The van der Waals surface area contributed by atoms with Crippen LogP contribution in [-0.2, 0) is 11.2 Å². The summed E-state index contributed by atoms with van der Waals surface area (Å²) in [7, 11) is 0. The van der Waals surface area contributed by atoms with E-state index < -0.39 is 0 Å². The van der Waals surface area contributed by atoms with Crippen LogP contribution in [0.25, 0.3) is 0 Å². The summed E-state index contributed by atoms with van der Waals surface area (Å²) >= 11 is 7.38. The van der Waals surface area contributed by atoms with Gasteiger partial charge in [0.25, 0.3) is 5.91 Å². The summed E-state index contributed by atoms with van der Waals surface area (Å²) in [4.78, 5) is 46.9. The van der Waals surface area contributed by atoms with Crippen LogP contribution in [0.5, 0.6) is 0 Å². The van der Waals surface area contributed by atoms with Crippen LogP contribution in [0.4, 0.5) is 10.8 Å². The van der Waals surface area contributed by atoms with Crippen molar-refractivity contribution in [2.24, 2.45) is 0 Å². The van der Waals surface area contributed by atoms with Gasteiger partial charge < -0.3 is 14.8 Å². The number of hydrogen-bond acceptors (Lipinski definition) is 6. The molecule has 32 heavy (non-hydrogen) atoms. The summed E-state index contributed by atoms with van der Waals surface area (Å²) in [5, 5.41) is 5.71. The van der Waals surface area contributed by atoms with Crippen molar-refractivity contribution in [3.63, 3.8) is 0 Å². The lowest BCUT2D eigenvalue weighted by Gasteiger charge is -2.36. The van der Waals surface area contributed by atoms with Gasteiger partial charge in [-0.1, -0.05) is 17.7 Å². The van der Waals surface area contributed by atoms with E-state index in [-0.39, 0.29) is 17.4 Å². The molecule has 1 saturated heterocycles.